The van der Waals surface area contributed by atoms with Crippen LogP contribution in [0.3, 0.4) is 0 Å². The summed E-state index contributed by atoms with van der Waals surface area (Å²) in [7, 11) is 0. The topological polar surface area (TPSA) is 88.2 Å². The third-order valence-corrected chi connectivity index (χ3v) is 3.28. The minimum atomic E-state index is -1.75. The number of fused-ring (bicyclic) bond motifs is 3. The highest BCUT2D eigenvalue weighted by molar-refractivity contribution is 5.98. The van der Waals surface area contributed by atoms with E-state index in [4.69, 9.17) is 5.84 Å². The molecule has 0 saturated heterocycles. The van der Waals surface area contributed by atoms with Crippen LogP contribution < -0.4 is 11.3 Å². The molecule has 1 aromatic carbocycles. The van der Waals surface area contributed by atoms with E-state index in [1.807, 2.05) is 17.6 Å². The summed E-state index contributed by atoms with van der Waals surface area (Å²) in [5.41, 5.74) is 2.85. The lowest BCUT2D eigenvalue weighted by Gasteiger charge is -2.22. The number of benzene rings is 1. The molecule has 1 atom stereocenters. The molecule has 90 valence electrons. The van der Waals surface area contributed by atoms with Gasteiger partial charge >= 0.3 is 0 Å². The zero-order chi connectivity index (χ0) is 12.8. The summed E-state index contributed by atoms with van der Waals surface area (Å²) >= 11 is 0. The Morgan fingerprint density at radius 1 is 1.22 bits per heavy atom. The van der Waals surface area contributed by atoms with Gasteiger partial charge < -0.3 is 5.11 Å². The second-order valence-electron chi connectivity index (χ2n) is 4.15. The van der Waals surface area contributed by atoms with E-state index in [2.05, 4.69) is 4.98 Å². The minimum Gasteiger partial charge on any atom is -0.372 e. The van der Waals surface area contributed by atoms with Crippen LogP contribution in [0.1, 0.15) is 11.1 Å². The smallest absolute Gasteiger partial charge is 0.275 e. The van der Waals surface area contributed by atoms with Crippen LogP contribution in [0.5, 0.6) is 0 Å². The van der Waals surface area contributed by atoms with Gasteiger partial charge in [0, 0.05) is 29.1 Å². The fourth-order valence-electron chi connectivity index (χ4n) is 2.45. The Balaban J connectivity index is 2.37. The van der Waals surface area contributed by atoms with Gasteiger partial charge in [-0.25, -0.2) is 5.84 Å². The molecule has 0 aliphatic heterocycles. The van der Waals surface area contributed by atoms with Crippen LogP contribution in [-0.2, 0) is 10.4 Å². The standard InChI is InChI=1S/C13H11N3O2/c14-16-12(17)13(18)10-4-2-1-3-8(10)9-7-15-6-5-11(9)13/h1-7,18H,14H2,(H,16,17)/t13-/m1/s1. The van der Waals surface area contributed by atoms with Crippen molar-refractivity contribution in [2.45, 2.75) is 5.60 Å². The summed E-state index contributed by atoms with van der Waals surface area (Å²) in [6, 6.07) is 8.81. The number of hydrogen-bond donors (Lipinski definition) is 3. The monoisotopic (exact) mass is 241 g/mol. The first-order valence-electron chi connectivity index (χ1n) is 5.47. The van der Waals surface area contributed by atoms with Gasteiger partial charge in [-0.1, -0.05) is 24.3 Å². The number of rotatable bonds is 1. The third-order valence-electron chi connectivity index (χ3n) is 3.28. The van der Waals surface area contributed by atoms with E-state index >= 15 is 0 Å². The van der Waals surface area contributed by atoms with Crippen molar-refractivity contribution >= 4 is 5.91 Å². The van der Waals surface area contributed by atoms with Gasteiger partial charge in [-0.05, 0) is 11.6 Å². The predicted octanol–water partition coefficient (Wildman–Crippen LogP) is 0.288. The van der Waals surface area contributed by atoms with E-state index in [1.165, 1.54) is 0 Å². The minimum absolute atomic E-state index is 0.502. The zero-order valence-electron chi connectivity index (χ0n) is 9.42. The number of nitrogens with one attached hydrogen (secondary N) is 1. The lowest BCUT2D eigenvalue weighted by atomic mass is 9.91. The molecule has 5 nitrogen and oxygen atoms in total. The quantitative estimate of drug-likeness (QED) is 0.380. The fourth-order valence-corrected chi connectivity index (χ4v) is 2.45. The number of amides is 1. The number of carbonyl (C=O) groups excluding carboxylic acids is 1. The van der Waals surface area contributed by atoms with Crippen molar-refractivity contribution in [1.29, 1.82) is 0 Å². The Labute approximate surface area is 103 Å². The van der Waals surface area contributed by atoms with E-state index < -0.39 is 11.5 Å². The highest BCUT2D eigenvalue weighted by atomic mass is 16.3. The first-order chi connectivity index (χ1) is 8.69. The van der Waals surface area contributed by atoms with Crippen LogP contribution in [0, 0.1) is 0 Å². The molecule has 1 aromatic heterocycles. The average Bonchev–Trinajstić information content (AvgIpc) is 2.70. The van der Waals surface area contributed by atoms with Crippen molar-refractivity contribution in [1.82, 2.24) is 10.4 Å². The van der Waals surface area contributed by atoms with Crippen molar-refractivity contribution in [3.05, 3.63) is 53.9 Å². The lowest BCUT2D eigenvalue weighted by Crippen LogP contribution is -2.47. The number of nitrogens with zero attached hydrogens (tertiary/aromatic N) is 1. The Hall–Kier alpha value is -2.24. The molecule has 1 heterocycles. The lowest BCUT2D eigenvalue weighted by molar-refractivity contribution is -0.136. The molecule has 4 N–H and O–H groups in total. The van der Waals surface area contributed by atoms with Crippen LogP contribution >= 0.6 is 0 Å². The maximum Gasteiger partial charge on any atom is 0.275 e. The van der Waals surface area contributed by atoms with E-state index in [-0.39, 0.29) is 0 Å². The summed E-state index contributed by atoms with van der Waals surface area (Å²) in [6.07, 6.45) is 3.18. The van der Waals surface area contributed by atoms with Crippen molar-refractivity contribution in [2.75, 3.05) is 0 Å². The van der Waals surface area contributed by atoms with Gasteiger partial charge in [-0.2, -0.15) is 0 Å². The Morgan fingerprint density at radius 3 is 2.72 bits per heavy atom. The molecule has 0 spiro atoms. The second-order valence-corrected chi connectivity index (χ2v) is 4.15. The Kier molecular flexibility index (Phi) is 2.19. The highest BCUT2D eigenvalue weighted by Gasteiger charge is 2.47. The molecule has 0 bridgehead atoms. The van der Waals surface area contributed by atoms with E-state index in [0.717, 1.165) is 11.1 Å². The zero-order valence-corrected chi connectivity index (χ0v) is 9.42. The molecule has 2 aromatic rings. The maximum absolute atomic E-state index is 12.0. The molecule has 18 heavy (non-hydrogen) atoms. The summed E-state index contributed by atoms with van der Waals surface area (Å²) in [4.78, 5) is 16.0. The fraction of sp³-hybridized carbons (Fsp3) is 0.0769. The van der Waals surface area contributed by atoms with Gasteiger partial charge in [0.1, 0.15) is 0 Å². The summed E-state index contributed by atoms with van der Waals surface area (Å²) in [5, 5.41) is 10.7. The maximum atomic E-state index is 12.0. The first kappa shape index (κ1) is 10.9. The number of aromatic nitrogens is 1. The van der Waals surface area contributed by atoms with Gasteiger partial charge in [0.15, 0.2) is 5.60 Å². The van der Waals surface area contributed by atoms with Crippen molar-refractivity contribution in [3.8, 4) is 11.1 Å². The molecule has 0 fully saturated rings. The summed E-state index contributed by atoms with van der Waals surface area (Å²) in [5.74, 6) is 4.52. The van der Waals surface area contributed by atoms with Gasteiger partial charge in [-0.15, -0.1) is 0 Å². The second kappa shape index (κ2) is 3.63. The third kappa shape index (κ3) is 1.17. The molecule has 0 radical (unpaired) electrons. The Bertz CT molecular complexity index is 594. The number of nitrogens with two attached hydrogens (primary N) is 1. The predicted molar refractivity (Wildman–Crippen MR) is 65.0 cm³/mol. The number of hydrogen-bond acceptors (Lipinski definition) is 4. The molecule has 0 unspecified atom stereocenters. The molecule has 1 amide bonds. The molecule has 5 heteroatoms. The molecular weight excluding hydrogens is 230 g/mol. The van der Waals surface area contributed by atoms with Crippen LogP contribution in [0.4, 0.5) is 0 Å². The van der Waals surface area contributed by atoms with Gasteiger partial charge in [0.2, 0.25) is 0 Å². The highest BCUT2D eigenvalue weighted by Crippen LogP contribution is 2.46. The average molecular weight is 241 g/mol. The van der Waals surface area contributed by atoms with Crippen molar-refractivity contribution in [3.63, 3.8) is 0 Å². The molecule has 0 saturated carbocycles. The van der Waals surface area contributed by atoms with Gasteiger partial charge in [0.05, 0.1) is 0 Å². The SMILES string of the molecule is NNC(=O)[C@@]1(O)c2ccccc2-c2cnccc21. The largest absolute Gasteiger partial charge is 0.372 e. The van der Waals surface area contributed by atoms with E-state index in [1.54, 1.807) is 30.6 Å². The number of carbonyl (C=O) groups is 1. The van der Waals surface area contributed by atoms with Crippen LogP contribution in [0.2, 0.25) is 0 Å². The van der Waals surface area contributed by atoms with Gasteiger partial charge in [-0.3, -0.25) is 15.2 Å². The van der Waals surface area contributed by atoms with Crippen molar-refractivity contribution in [2.24, 2.45) is 5.84 Å². The molecule has 1 aliphatic carbocycles. The van der Waals surface area contributed by atoms with Crippen LogP contribution in [0.15, 0.2) is 42.7 Å². The van der Waals surface area contributed by atoms with Crippen LogP contribution in [-0.4, -0.2) is 16.0 Å². The Morgan fingerprint density at radius 2 is 1.94 bits per heavy atom. The van der Waals surface area contributed by atoms with E-state index in [0.29, 0.717) is 11.1 Å². The van der Waals surface area contributed by atoms with E-state index in [9.17, 15) is 9.90 Å². The molecule has 3 rings (SSSR count). The normalized spacial score (nSPS) is 20.1. The number of hydrazine groups is 1. The van der Waals surface area contributed by atoms with Crippen molar-refractivity contribution < 1.29 is 9.90 Å². The number of pyridine rings is 1. The number of aliphatic hydroxyl groups is 1. The summed E-state index contributed by atoms with van der Waals surface area (Å²) in [6.45, 7) is 0. The summed E-state index contributed by atoms with van der Waals surface area (Å²) < 4.78 is 0. The van der Waals surface area contributed by atoms with Crippen LogP contribution in [0.25, 0.3) is 11.1 Å². The first-order valence-corrected chi connectivity index (χ1v) is 5.47. The van der Waals surface area contributed by atoms with Gasteiger partial charge in [0.25, 0.3) is 5.91 Å². The molecule has 1 aliphatic rings. The molecular formula is C13H11N3O2.